The van der Waals surface area contributed by atoms with Gasteiger partial charge in [0.1, 0.15) is 0 Å². The SMILES string of the molecule is CNC(=O)CC(CN)N(C)CC1CCCN1C. The second kappa shape index (κ2) is 6.93. The van der Waals surface area contributed by atoms with Crippen LogP contribution in [0.2, 0.25) is 0 Å². The van der Waals surface area contributed by atoms with Crippen LogP contribution in [0.5, 0.6) is 0 Å². The highest BCUT2D eigenvalue weighted by atomic mass is 16.1. The molecule has 1 fully saturated rings. The third-order valence-electron chi connectivity index (χ3n) is 3.77. The minimum absolute atomic E-state index is 0.0621. The lowest BCUT2D eigenvalue weighted by molar-refractivity contribution is -0.121. The van der Waals surface area contributed by atoms with Crippen LogP contribution in [0.3, 0.4) is 0 Å². The summed E-state index contributed by atoms with van der Waals surface area (Å²) in [6.07, 6.45) is 3.01. The molecule has 1 rings (SSSR count). The zero-order valence-electron chi connectivity index (χ0n) is 11.3. The topological polar surface area (TPSA) is 61.6 Å². The van der Waals surface area contributed by atoms with Crippen LogP contribution >= 0.6 is 0 Å². The van der Waals surface area contributed by atoms with Gasteiger partial charge in [0.05, 0.1) is 0 Å². The Labute approximate surface area is 104 Å². The van der Waals surface area contributed by atoms with E-state index in [4.69, 9.17) is 5.73 Å². The van der Waals surface area contributed by atoms with E-state index in [9.17, 15) is 4.79 Å². The highest BCUT2D eigenvalue weighted by Crippen LogP contribution is 2.16. The van der Waals surface area contributed by atoms with Crippen molar-refractivity contribution in [2.45, 2.75) is 31.3 Å². The lowest BCUT2D eigenvalue weighted by Gasteiger charge is -2.31. The van der Waals surface area contributed by atoms with Crippen LogP contribution in [-0.4, -0.2) is 68.6 Å². The molecule has 5 heteroatoms. The normalized spacial score (nSPS) is 23.0. The van der Waals surface area contributed by atoms with Crippen molar-refractivity contribution in [3.05, 3.63) is 0 Å². The summed E-state index contributed by atoms with van der Waals surface area (Å²) in [5.74, 6) is 0.0621. The molecule has 0 aromatic heterocycles. The number of hydrogen-bond acceptors (Lipinski definition) is 4. The van der Waals surface area contributed by atoms with E-state index in [-0.39, 0.29) is 11.9 Å². The van der Waals surface area contributed by atoms with Crippen LogP contribution in [0.25, 0.3) is 0 Å². The maximum atomic E-state index is 11.4. The van der Waals surface area contributed by atoms with Crippen molar-refractivity contribution < 1.29 is 4.79 Å². The van der Waals surface area contributed by atoms with E-state index in [1.807, 2.05) is 0 Å². The smallest absolute Gasteiger partial charge is 0.221 e. The van der Waals surface area contributed by atoms with Crippen molar-refractivity contribution in [2.24, 2.45) is 5.73 Å². The lowest BCUT2D eigenvalue weighted by Crippen LogP contribution is -2.46. The molecule has 0 bridgehead atoms. The molecular formula is C12H26N4O. The Balaban J connectivity index is 2.42. The van der Waals surface area contributed by atoms with E-state index in [2.05, 4.69) is 29.2 Å². The number of nitrogens with one attached hydrogen (secondary N) is 1. The van der Waals surface area contributed by atoms with E-state index in [0.29, 0.717) is 19.0 Å². The molecule has 1 saturated heterocycles. The molecule has 0 spiro atoms. The fourth-order valence-electron chi connectivity index (χ4n) is 2.43. The molecule has 0 saturated carbocycles. The molecule has 1 amide bonds. The van der Waals surface area contributed by atoms with Crippen LogP contribution in [-0.2, 0) is 4.79 Å². The molecule has 0 aromatic rings. The first-order valence-electron chi connectivity index (χ1n) is 6.39. The van der Waals surface area contributed by atoms with Crippen molar-refractivity contribution >= 4 is 5.91 Å². The summed E-state index contributed by atoms with van der Waals surface area (Å²) < 4.78 is 0. The first-order valence-corrected chi connectivity index (χ1v) is 6.39. The second-order valence-electron chi connectivity index (χ2n) is 4.98. The fourth-order valence-corrected chi connectivity index (χ4v) is 2.43. The Bertz CT molecular complexity index is 247. The van der Waals surface area contributed by atoms with Crippen molar-refractivity contribution in [1.82, 2.24) is 15.1 Å². The number of hydrogen-bond donors (Lipinski definition) is 2. The summed E-state index contributed by atoms with van der Waals surface area (Å²) in [6.45, 7) is 2.71. The molecule has 3 N–H and O–H groups in total. The fraction of sp³-hybridized carbons (Fsp3) is 0.917. The van der Waals surface area contributed by atoms with E-state index in [1.165, 1.54) is 19.4 Å². The quantitative estimate of drug-likeness (QED) is 0.658. The molecule has 17 heavy (non-hydrogen) atoms. The molecule has 1 heterocycles. The average Bonchev–Trinajstić information content (AvgIpc) is 2.71. The molecule has 2 unspecified atom stereocenters. The zero-order chi connectivity index (χ0) is 12.8. The van der Waals surface area contributed by atoms with Crippen molar-refractivity contribution in [2.75, 3.05) is 40.8 Å². The maximum absolute atomic E-state index is 11.4. The van der Waals surface area contributed by atoms with Gasteiger partial charge in [-0.3, -0.25) is 4.79 Å². The molecule has 1 aliphatic heterocycles. The minimum atomic E-state index is 0.0621. The molecule has 5 nitrogen and oxygen atoms in total. The first kappa shape index (κ1) is 14.4. The number of carbonyl (C=O) groups is 1. The minimum Gasteiger partial charge on any atom is -0.359 e. The number of nitrogens with zero attached hydrogens (tertiary/aromatic N) is 2. The van der Waals surface area contributed by atoms with Crippen molar-refractivity contribution in [3.8, 4) is 0 Å². The van der Waals surface area contributed by atoms with Crippen molar-refractivity contribution in [1.29, 1.82) is 0 Å². The van der Waals surface area contributed by atoms with Gasteiger partial charge in [-0.15, -0.1) is 0 Å². The van der Waals surface area contributed by atoms with Gasteiger partial charge in [0, 0.05) is 38.6 Å². The Morgan fingerprint density at radius 3 is 2.82 bits per heavy atom. The van der Waals surface area contributed by atoms with E-state index >= 15 is 0 Å². The van der Waals surface area contributed by atoms with Gasteiger partial charge >= 0.3 is 0 Å². The standard InChI is InChI=1S/C12H26N4O/c1-14-12(17)7-11(8-13)16(3)9-10-5-4-6-15(10)2/h10-11H,4-9,13H2,1-3H3,(H,14,17). The van der Waals surface area contributed by atoms with E-state index in [1.54, 1.807) is 7.05 Å². The number of likely N-dealkylation sites (N-methyl/N-ethyl adjacent to an activating group) is 2. The van der Waals surface area contributed by atoms with E-state index in [0.717, 1.165) is 6.54 Å². The van der Waals surface area contributed by atoms with Crippen LogP contribution in [0.1, 0.15) is 19.3 Å². The molecule has 1 aliphatic rings. The summed E-state index contributed by atoms with van der Waals surface area (Å²) in [5.41, 5.74) is 5.75. The predicted octanol–water partition coefficient (Wildman–Crippen LogP) is -0.524. The van der Waals surface area contributed by atoms with E-state index < -0.39 is 0 Å². The monoisotopic (exact) mass is 242 g/mol. The highest BCUT2D eigenvalue weighted by molar-refractivity contribution is 5.76. The highest BCUT2D eigenvalue weighted by Gasteiger charge is 2.25. The van der Waals surface area contributed by atoms with Gasteiger partial charge in [-0.2, -0.15) is 0 Å². The zero-order valence-corrected chi connectivity index (χ0v) is 11.3. The summed E-state index contributed by atoms with van der Waals surface area (Å²) in [6, 6.07) is 0.752. The predicted molar refractivity (Wildman–Crippen MR) is 69.8 cm³/mol. The van der Waals surface area contributed by atoms with Crippen LogP contribution < -0.4 is 11.1 Å². The van der Waals surface area contributed by atoms with Gasteiger partial charge in [0.15, 0.2) is 0 Å². The molecule has 0 aliphatic carbocycles. The van der Waals surface area contributed by atoms with Crippen LogP contribution in [0.4, 0.5) is 0 Å². The second-order valence-corrected chi connectivity index (χ2v) is 4.98. The maximum Gasteiger partial charge on any atom is 0.221 e. The number of rotatable bonds is 6. The Hall–Kier alpha value is -0.650. The van der Waals surface area contributed by atoms with Gasteiger partial charge in [-0.25, -0.2) is 0 Å². The summed E-state index contributed by atoms with van der Waals surface area (Å²) >= 11 is 0. The molecular weight excluding hydrogens is 216 g/mol. The molecule has 100 valence electrons. The van der Waals surface area contributed by atoms with Gasteiger partial charge in [0.25, 0.3) is 0 Å². The Morgan fingerprint density at radius 1 is 1.65 bits per heavy atom. The summed E-state index contributed by atoms with van der Waals surface area (Å²) in [7, 11) is 5.90. The number of carbonyl (C=O) groups excluding carboxylic acids is 1. The van der Waals surface area contributed by atoms with Crippen LogP contribution in [0, 0.1) is 0 Å². The van der Waals surface area contributed by atoms with Crippen LogP contribution in [0.15, 0.2) is 0 Å². The Morgan fingerprint density at radius 2 is 2.35 bits per heavy atom. The molecule has 2 atom stereocenters. The van der Waals surface area contributed by atoms with Crippen molar-refractivity contribution in [3.63, 3.8) is 0 Å². The summed E-state index contributed by atoms with van der Waals surface area (Å²) in [5, 5.41) is 2.66. The molecule has 0 radical (unpaired) electrons. The first-order chi connectivity index (χ1) is 8.08. The van der Waals surface area contributed by atoms with Gasteiger partial charge < -0.3 is 20.9 Å². The van der Waals surface area contributed by atoms with Gasteiger partial charge in [-0.05, 0) is 33.5 Å². The van der Waals surface area contributed by atoms with Gasteiger partial charge in [0.2, 0.25) is 5.91 Å². The number of amides is 1. The third kappa shape index (κ3) is 4.26. The number of nitrogens with two attached hydrogens (primary N) is 1. The lowest BCUT2D eigenvalue weighted by atomic mass is 10.1. The third-order valence-corrected chi connectivity index (χ3v) is 3.77. The van der Waals surface area contributed by atoms with Gasteiger partial charge in [-0.1, -0.05) is 0 Å². The average molecular weight is 242 g/mol. The number of likely N-dealkylation sites (tertiary alicyclic amines) is 1. The summed E-state index contributed by atoms with van der Waals surface area (Å²) in [4.78, 5) is 16.0. The molecule has 0 aromatic carbocycles. The largest absolute Gasteiger partial charge is 0.359 e. The Kier molecular flexibility index (Phi) is 5.88.